The number of rotatable bonds is 4. The van der Waals surface area contributed by atoms with E-state index in [2.05, 4.69) is 16.5 Å². The molecule has 1 rings (SSSR count). The van der Waals surface area contributed by atoms with Crippen molar-refractivity contribution in [3.05, 3.63) is 24.3 Å². The van der Waals surface area contributed by atoms with Crippen LogP contribution in [-0.2, 0) is 14.4 Å². The molecule has 0 aromatic heterocycles. The van der Waals surface area contributed by atoms with Gasteiger partial charge in [0.1, 0.15) is 0 Å². The van der Waals surface area contributed by atoms with Gasteiger partial charge in [0.2, 0.25) is 5.60 Å². The summed E-state index contributed by atoms with van der Waals surface area (Å²) >= 11 is 0. The highest BCUT2D eigenvalue weighted by Crippen LogP contribution is 2.27. The van der Waals surface area contributed by atoms with Crippen LogP contribution in [0.3, 0.4) is 0 Å². The fourth-order valence-corrected chi connectivity index (χ4v) is 1.56. The Labute approximate surface area is 95.6 Å². The van der Waals surface area contributed by atoms with Crippen molar-refractivity contribution in [2.75, 3.05) is 7.11 Å². The molecule has 1 atom stereocenters. The molecule has 1 aliphatic heterocycles. The van der Waals surface area contributed by atoms with Gasteiger partial charge in [-0.3, -0.25) is 0 Å². The third kappa shape index (κ3) is 2.32. The maximum atomic E-state index is 11.5. The van der Waals surface area contributed by atoms with Gasteiger partial charge in [-0.1, -0.05) is 30.8 Å². The molecule has 0 aromatic carbocycles. The molecule has 88 valence electrons. The third-order valence-electron chi connectivity index (χ3n) is 2.46. The summed E-state index contributed by atoms with van der Waals surface area (Å²) in [5.74, 6) is -0.411. The van der Waals surface area contributed by atoms with Gasteiger partial charge in [0.15, 0.2) is 0 Å². The van der Waals surface area contributed by atoms with Crippen molar-refractivity contribution < 1.29 is 14.4 Å². The fourth-order valence-electron chi connectivity index (χ4n) is 1.56. The first-order valence-corrected chi connectivity index (χ1v) is 5.23. The van der Waals surface area contributed by atoms with E-state index >= 15 is 0 Å². The van der Waals surface area contributed by atoms with Crippen molar-refractivity contribution in [3.8, 4) is 0 Å². The van der Waals surface area contributed by atoms with E-state index in [9.17, 15) is 4.79 Å². The summed E-state index contributed by atoms with van der Waals surface area (Å²) in [7, 11) is 1.34. The van der Waals surface area contributed by atoms with E-state index in [0.29, 0.717) is 6.42 Å². The first-order chi connectivity index (χ1) is 7.57. The molecule has 0 aromatic rings. The second kappa shape index (κ2) is 4.96. The second-order valence-electron chi connectivity index (χ2n) is 3.80. The van der Waals surface area contributed by atoms with Gasteiger partial charge in [0, 0.05) is 6.42 Å². The number of esters is 1. The van der Waals surface area contributed by atoms with Gasteiger partial charge >= 0.3 is 5.97 Å². The SMILES string of the molecule is C=CC(=CCC)C1=NOC(C)(C(=O)OC)C1. The molecule has 1 heterocycles. The summed E-state index contributed by atoms with van der Waals surface area (Å²) in [4.78, 5) is 16.6. The molecule has 0 aliphatic carbocycles. The monoisotopic (exact) mass is 223 g/mol. The molecule has 1 aliphatic rings. The zero-order chi connectivity index (χ0) is 12.2. The lowest BCUT2D eigenvalue weighted by Gasteiger charge is -2.17. The van der Waals surface area contributed by atoms with Crippen LogP contribution in [0.5, 0.6) is 0 Å². The van der Waals surface area contributed by atoms with Crippen molar-refractivity contribution in [2.24, 2.45) is 5.16 Å². The maximum absolute atomic E-state index is 11.5. The number of ether oxygens (including phenoxy) is 1. The van der Waals surface area contributed by atoms with Crippen LogP contribution in [0.1, 0.15) is 26.7 Å². The molecule has 16 heavy (non-hydrogen) atoms. The van der Waals surface area contributed by atoms with E-state index in [1.165, 1.54) is 7.11 Å². The molecule has 1 unspecified atom stereocenters. The lowest BCUT2D eigenvalue weighted by molar-refractivity contribution is -0.164. The Kier molecular flexibility index (Phi) is 3.88. The molecule has 0 saturated heterocycles. The van der Waals surface area contributed by atoms with Gasteiger partial charge < -0.3 is 9.57 Å². The van der Waals surface area contributed by atoms with E-state index in [1.807, 2.05) is 13.0 Å². The van der Waals surface area contributed by atoms with E-state index in [-0.39, 0.29) is 0 Å². The highest BCUT2D eigenvalue weighted by atomic mass is 16.7. The van der Waals surface area contributed by atoms with Crippen LogP contribution in [0, 0.1) is 0 Å². The zero-order valence-corrected chi connectivity index (χ0v) is 9.95. The smallest absolute Gasteiger partial charge is 0.353 e. The standard InChI is InChI=1S/C12H17NO3/c1-5-7-9(6-2)10-8-12(3,16-13-10)11(14)15-4/h6-7H,2,5,8H2,1,3-4H3. The Morgan fingerprint density at radius 3 is 2.94 bits per heavy atom. The van der Waals surface area contributed by atoms with Gasteiger partial charge in [-0.25, -0.2) is 4.79 Å². The van der Waals surface area contributed by atoms with E-state index in [4.69, 9.17) is 4.84 Å². The van der Waals surface area contributed by atoms with Crippen molar-refractivity contribution in [2.45, 2.75) is 32.3 Å². The van der Waals surface area contributed by atoms with Crippen molar-refractivity contribution >= 4 is 11.7 Å². The van der Waals surface area contributed by atoms with Crippen molar-refractivity contribution in [3.63, 3.8) is 0 Å². The van der Waals surface area contributed by atoms with Crippen LogP contribution in [0.4, 0.5) is 0 Å². The largest absolute Gasteiger partial charge is 0.466 e. The minimum absolute atomic E-state index is 0.411. The molecule has 0 spiro atoms. The van der Waals surface area contributed by atoms with Crippen LogP contribution < -0.4 is 0 Å². The molecular weight excluding hydrogens is 206 g/mol. The minimum atomic E-state index is -1.00. The highest BCUT2D eigenvalue weighted by Gasteiger charge is 2.43. The third-order valence-corrected chi connectivity index (χ3v) is 2.46. The Morgan fingerprint density at radius 2 is 2.44 bits per heavy atom. The summed E-state index contributed by atoms with van der Waals surface area (Å²) in [5.41, 5.74) is 0.653. The first kappa shape index (κ1) is 12.5. The first-order valence-electron chi connectivity index (χ1n) is 5.23. The summed E-state index contributed by atoms with van der Waals surface area (Å²) in [6, 6.07) is 0. The van der Waals surface area contributed by atoms with E-state index < -0.39 is 11.6 Å². The molecule has 4 heteroatoms. The Balaban J connectivity index is 2.81. The van der Waals surface area contributed by atoms with Gasteiger partial charge in [-0.05, 0) is 18.9 Å². The summed E-state index contributed by atoms with van der Waals surface area (Å²) in [6.45, 7) is 7.41. The molecule has 0 N–H and O–H groups in total. The maximum Gasteiger partial charge on any atom is 0.353 e. The molecular formula is C12H17NO3. The zero-order valence-electron chi connectivity index (χ0n) is 9.95. The highest BCUT2D eigenvalue weighted by molar-refractivity contribution is 6.06. The van der Waals surface area contributed by atoms with E-state index in [1.54, 1.807) is 13.0 Å². The average Bonchev–Trinajstić information content (AvgIpc) is 2.68. The van der Waals surface area contributed by atoms with Crippen LogP contribution in [0.15, 0.2) is 29.5 Å². The quantitative estimate of drug-likeness (QED) is 0.542. The number of methoxy groups -OCH3 is 1. The van der Waals surface area contributed by atoms with Crippen molar-refractivity contribution in [1.29, 1.82) is 0 Å². The van der Waals surface area contributed by atoms with Crippen LogP contribution in [0.25, 0.3) is 0 Å². The second-order valence-corrected chi connectivity index (χ2v) is 3.80. The number of allylic oxidation sites excluding steroid dienone is 3. The number of hydrogen-bond donors (Lipinski definition) is 0. The lowest BCUT2D eigenvalue weighted by atomic mass is 9.95. The number of carbonyl (C=O) groups is 1. The number of oxime groups is 1. The summed E-state index contributed by atoms with van der Waals surface area (Å²) in [6.07, 6.45) is 5.01. The molecule has 0 bridgehead atoms. The number of hydrogen-bond acceptors (Lipinski definition) is 4. The molecule has 0 radical (unpaired) electrons. The van der Waals surface area contributed by atoms with Gasteiger partial charge in [0.25, 0.3) is 0 Å². The van der Waals surface area contributed by atoms with Crippen LogP contribution >= 0.6 is 0 Å². The predicted molar refractivity (Wildman–Crippen MR) is 62.1 cm³/mol. The molecule has 0 amide bonds. The number of carbonyl (C=O) groups excluding carboxylic acids is 1. The molecule has 0 saturated carbocycles. The van der Waals surface area contributed by atoms with E-state index in [0.717, 1.165) is 17.7 Å². The topological polar surface area (TPSA) is 47.9 Å². The molecule has 0 fully saturated rings. The van der Waals surface area contributed by atoms with Crippen LogP contribution in [0.2, 0.25) is 0 Å². The Morgan fingerprint density at radius 1 is 1.75 bits per heavy atom. The molecule has 4 nitrogen and oxygen atoms in total. The predicted octanol–water partition coefficient (Wildman–Crippen LogP) is 2.22. The Hall–Kier alpha value is -1.58. The van der Waals surface area contributed by atoms with Gasteiger partial charge in [-0.15, -0.1) is 0 Å². The normalized spacial score (nSPS) is 24.7. The fraction of sp³-hybridized carbons (Fsp3) is 0.500. The van der Waals surface area contributed by atoms with Gasteiger partial charge in [0.05, 0.1) is 12.8 Å². The minimum Gasteiger partial charge on any atom is -0.466 e. The average molecular weight is 223 g/mol. The van der Waals surface area contributed by atoms with Gasteiger partial charge in [-0.2, -0.15) is 0 Å². The Bertz CT molecular complexity index is 357. The van der Waals surface area contributed by atoms with Crippen molar-refractivity contribution in [1.82, 2.24) is 0 Å². The summed E-state index contributed by atoms with van der Waals surface area (Å²) < 4.78 is 4.68. The van der Waals surface area contributed by atoms with Crippen LogP contribution in [-0.4, -0.2) is 24.4 Å². The number of nitrogens with zero attached hydrogens (tertiary/aromatic N) is 1. The summed E-state index contributed by atoms with van der Waals surface area (Å²) in [5, 5.41) is 3.92. The lowest BCUT2D eigenvalue weighted by Crippen LogP contribution is -2.36.